The van der Waals surface area contributed by atoms with Crippen molar-refractivity contribution in [1.82, 2.24) is 0 Å². The first-order chi connectivity index (χ1) is 31.4. The second-order valence-corrected chi connectivity index (χ2v) is 17.5. The first-order valence-corrected chi connectivity index (χ1v) is 24.9. The Hall–Kier alpha value is -5.23. The minimum Gasteiger partial charge on any atom is -0.462 e. The van der Waals surface area contributed by atoms with Gasteiger partial charge in [-0.3, -0.25) is 14.4 Å². The zero-order valence-corrected chi connectivity index (χ0v) is 42.0. The first kappa shape index (κ1) is 62.8. The Bertz CT molecular complexity index is 2300. The van der Waals surface area contributed by atoms with E-state index in [1.807, 2.05) is 49.3 Å². The number of ether oxygens (including phenoxy) is 3. The molecule has 17 heteroatoms. The van der Waals surface area contributed by atoms with E-state index in [4.69, 9.17) is 9.47 Å². The number of thioether (sulfide) groups is 4. The van der Waals surface area contributed by atoms with Crippen LogP contribution < -0.4 is 0 Å². The van der Waals surface area contributed by atoms with Crippen molar-refractivity contribution in [2.75, 3.05) is 58.0 Å². The number of aliphatic hydroxyl groups excluding tert-OH is 1. The molecule has 0 heterocycles. The van der Waals surface area contributed by atoms with Crippen molar-refractivity contribution in [3.8, 4) is 0 Å². The molecule has 0 fully saturated rings. The topological polar surface area (TPSA) is 203 Å². The van der Waals surface area contributed by atoms with Crippen LogP contribution >= 0.6 is 47.0 Å². The third-order valence-corrected chi connectivity index (χ3v) is 12.2. The molecule has 4 aromatic rings. The van der Waals surface area contributed by atoms with Crippen LogP contribution in [0.1, 0.15) is 66.0 Å². The quantitative estimate of drug-likeness (QED) is 0.00772. The number of nitrogens with zero attached hydrogens (tertiary/aromatic N) is 1. The Morgan fingerprint density at radius 2 is 0.956 bits per heavy atom. The van der Waals surface area contributed by atoms with E-state index in [2.05, 4.69) is 22.9 Å². The maximum Gasteiger partial charge on any atom is 0.333 e. The summed E-state index contributed by atoms with van der Waals surface area (Å²) in [7, 11) is 0. The lowest BCUT2D eigenvalue weighted by Crippen LogP contribution is -2.41. The number of carbonyl (C=O) groups excluding carboxylic acids is 6. The number of isocyanates is 1. The molecule has 13 nitrogen and oxygen atoms in total. The molecule has 2 atom stereocenters. The van der Waals surface area contributed by atoms with Crippen LogP contribution in [-0.4, -0.2) is 109 Å². The molecule has 368 valence electrons. The molecule has 0 aliphatic rings. The average Bonchev–Trinajstić information content (AvgIpc) is 3.35. The fourth-order valence-electron chi connectivity index (χ4n) is 5.38. The van der Waals surface area contributed by atoms with Crippen LogP contribution in [-0.2, 0) is 44.6 Å². The Kier molecular flexibility index (Phi) is 30.0. The van der Waals surface area contributed by atoms with E-state index < -0.39 is 53.9 Å². The van der Waals surface area contributed by atoms with Crippen molar-refractivity contribution in [3.63, 3.8) is 0 Å². The lowest BCUT2D eigenvalue weighted by atomic mass is 9.86. The minimum atomic E-state index is -2.04. The average molecular weight is 1010 g/mol. The van der Waals surface area contributed by atoms with Crippen LogP contribution in [0, 0.1) is 7.43 Å². The maximum atomic E-state index is 13.3. The summed E-state index contributed by atoms with van der Waals surface area (Å²) in [6.45, 7) is 9.05. The molecular formula is C51H62NO12S4-. The number of hydrogen-bond donors (Lipinski definition) is 3. The van der Waals surface area contributed by atoms with Crippen LogP contribution in [0.4, 0.5) is 0 Å². The highest BCUT2D eigenvalue weighted by Crippen LogP contribution is 2.31. The largest absolute Gasteiger partial charge is 0.462 e. The molecule has 0 aliphatic carbocycles. The molecule has 4 aromatic carbocycles. The lowest BCUT2D eigenvalue weighted by Gasteiger charge is -2.27. The summed E-state index contributed by atoms with van der Waals surface area (Å²) in [6, 6.07) is 27.8. The number of rotatable bonds is 22. The zero-order valence-electron chi connectivity index (χ0n) is 38.7. The molecule has 0 saturated carbocycles. The summed E-state index contributed by atoms with van der Waals surface area (Å²) in [5.74, 6) is -2.66. The molecule has 0 aliphatic heterocycles. The number of aliphatic hydroxyl groups is 3. The summed E-state index contributed by atoms with van der Waals surface area (Å²) < 4.78 is 14.8. The van der Waals surface area contributed by atoms with E-state index in [0.717, 1.165) is 19.6 Å². The van der Waals surface area contributed by atoms with Gasteiger partial charge in [-0.2, -0.15) is 0 Å². The van der Waals surface area contributed by atoms with Gasteiger partial charge in [-0.15, -0.1) is 47.0 Å². The summed E-state index contributed by atoms with van der Waals surface area (Å²) in [5, 5.41) is 31.7. The fraction of sp³-hybridized carbons (Fsp3) is 0.314. The predicted octanol–water partition coefficient (Wildman–Crippen LogP) is 9.36. The van der Waals surface area contributed by atoms with Crippen molar-refractivity contribution in [2.45, 2.75) is 64.9 Å². The zero-order chi connectivity index (χ0) is 49.3. The number of ketones is 2. The Balaban J connectivity index is 0.00000110. The number of aliphatic imine (C=N–C) groups is 1. The highest BCUT2D eigenvalue weighted by Gasteiger charge is 2.40. The van der Waals surface area contributed by atoms with E-state index in [1.165, 1.54) is 24.8 Å². The Labute approximate surface area is 417 Å². The second kappa shape index (κ2) is 32.5. The third-order valence-electron chi connectivity index (χ3n) is 9.22. The Morgan fingerprint density at radius 1 is 0.603 bits per heavy atom. The summed E-state index contributed by atoms with van der Waals surface area (Å²) in [6.07, 6.45) is 9.32. The van der Waals surface area contributed by atoms with Gasteiger partial charge in [-0.1, -0.05) is 69.1 Å². The van der Waals surface area contributed by atoms with Crippen molar-refractivity contribution in [2.24, 2.45) is 4.99 Å². The molecule has 3 N–H and O–H groups in total. The Morgan fingerprint density at radius 3 is 1.31 bits per heavy atom. The fourth-order valence-corrected chi connectivity index (χ4v) is 7.02. The SMILES string of the molecule is C.C=C(C)C(=O)OCCCC(=O)OCC(O)(C(=O)c1ccc(SC)cc1)c1ccc(SC)cc1.C=C(C)C(=O)OCCN=C=O.CSc1ccc(C(=O)C(O)(CO)c2ccc(SC)cc2)cc1.[CH3-]. The number of esters is 3. The molecule has 0 spiro atoms. The molecule has 68 heavy (non-hydrogen) atoms. The van der Waals surface area contributed by atoms with Gasteiger partial charge in [0.1, 0.15) is 13.2 Å². The van der Waals surface area contributed by atoms with Gasteiger partial charge in [0.2, 0.25) is 17.6 Å². The van der Waals surface area contributed by atoms with Gasteiger partial charge in [0.05, 0.1) is 19.8 Å². The van der Waals surface area contributed by atoms with Crippen LogP contribution in [0.25, 0.3) is 0 Å². The third kappa shape index (κ3) is 19.8. The van der Waals surface area contributed by atoms with Gasteiger partial charge in [-0.25, -0.2) is 19.4 Å². The van der Waals surface area contributed by atoms with Gasteiger partial charge in [0.25, 0.3) is 0 Å². The van der Waals surface area contributed by atoms with Crippen LogP contribution in [0.3, 0.4) is 0 Å². The molecule has 4 rings (SSSR count). The maximum absolute atomic E-state index is 13.3. The molecule has 0 bridgehead atoms. The first-order valence-electron chi connectivity index (χ1n) is 20.0. The van der Waals surface area contributed by atoms with E-state index in [9.17, 15) is 44.1 Å². The van der Waals surface area contributed by atoms with E-state index in [1.54, 1.807) is 115 Å². The van der Waals surface area contributed by atoms with Crippen LogP contribution in [0.15, 0.2) is 146 Å². The summed E-state index contributed by atoms with van der Waals surface area (Å²) in [5.41, 5.74) is -1.93. The summed E-state index contributed by atoms with van der Waals surface area (Å²) >= 11 is 6.23. The lowest BCUT2D eigenvalue weighted by molar-refractivity contribution is -0.151. The van der Waals surface area contributed by atoms with Crippen molar-refractivity contribution >= 4 is 82.6 Å². The molecule has 0 radical (unpaired) electrons. The monoisotopic (exact) mass is 1010 g/mol. The van der Waals surface area contributed by atoms with E-state index >= 15 is 0 Å². The van der Waals surface area contributed by atoms with Gasteiger partial charge in [0.15, 0.2) is 11.2 Å². The summed E-state index contributed by atoms with van der Waals surface area (Å²) in [4.78, 5) is 77.0. The van der Waals surface area contributed by atoms with E-state index in [-0.39, 0.29) is 53.0 Å². The van der Waals surface area contributed by atoms with Gasteiger partial charge < -0.3 is 37.0 Å². The standard InChI is InChI=1S/C25H28O6S2.C17H18O3S2.C7H9NO3.CH4.CH3/c1-17(2)24(28)30-15-5-6-22(26)31-16-25(29,19-9-13-21(33-4)14-10-19)23(27)18-7-11-20(32-3)12-8-18;1-21-14-7-3-12(4-8-14)16(19)17(20,11-18)13-5-9-15(22-2)10-6-13;1-6(2)7(10)11-4-3-8-5-9;;/h7-14,29H,1,5-6,15-16H2,2-4H3;3-10,18,20H,11H2,1-2H3;1,3-4H2,2H3;1H4;1H3/q;;;;-1. The minimum absolute atomic E-state index is 0. The van der Waals surface area contributed by atoms with Crippen molar-refractivity contribution < 1.29 is 58.3 Å². The predicted molar refractivity (Wildman–Crippen MR) is 274 cm³/mol. The molecule has 0 saturated heterocycles. The molecule has 0 amide bonds. The number of benzene rings is 4. The number of hydrogen-bond acceptors (Lipinski definition) is 17. The molecule has 0 aromatic heterocycles. The van der Waals surface area contributed by atoms with Crippen molar-refractivity contribution in [1.29, 1.82) is 0 Å². The van der Waals surface area contributed by atoms with E-state index in [0.29, 0.717) is 27.8 Å². The van der Waals surface area contributed by atoms with Crippen LogP contribution in [0.2, 0.25) is 0 Å². The smallest absolute Gasteiger partial charge is 0.333 e. The van der Waals surface area contributed by atoms with Crippen molar-refractivity contribution in [3.05, 3.63) is 151 Å². The van der Waals surface area contributed by atoms with Gasteiger partial charge in [-0.05, 0) is 105 Å². The number of Topliss-reactive ketones (excluding diaryl/α,β-unsaturated/α-hetero) is 2. The molecular weight excluding hydrogens is 947 g/mol. The molecule has 2 unspecified atom stereocenters. The number of carbonyl (C=O) groups is 5. The normalized spacial score (nSPS) is 11.8. The van der Waals surface area contributed by atoms with Gasteiger partial charge in [0, 0.05) is 48.3 Å². The van der Waals surface area contributed by atoms with Crippen LogP contribution in [0.5, 0.6) is 0 Å². The van der Waals surface area contributed by atoms with Gasteiger partial charge >= 0.3 is 17.9 Å². The highest BCUT2D eigenvalue weighted by molar-refractivity contribution is 7.99. The second-order valence-electron chi connectivity index (χ2n) is 14.0. The highest BCUT2D eigenvalue weighted by atomic mass is 32.2.